The average Bonchev–Trinajstić information content (AvgIpc) is 2.47. The molecule has 0 aromatic carbocycles. The molecule has 0 aliphatic rings. The van der Waals surface area contributed by atoms with E-state index in [2.05, 4.69) is 25.3 Å². The summed E-state index contributed by atoms with van der Waals surface area (Å²) in [5.41, 5.74) is 0. The van der Waals surface area contributed by atoms with Crippen molar-refractivity contribution in [2.75, 3.05) is 0 Å². The van der Waals surface area contributed by atoms with Crippen molar-refractivity contribution in [1.82, 2.24) is 0 Å². The molecular weight excluding hydrogens is 240 g/mol. The molecule has 0 heterocycles. The van der Waals surface area contributed by atoms with Gasteiger partial charge in [0.1, 0.15) is 0 Å². The van der Waals surface area contributed by atoms with Gasteiger partial charge in [-0.05, 0) is 51.4 Å². The van der Waals surface area contributed by atoms with Gasteiger partial charge in [-0.3, -0.25) is 0 Å². The van der Waals surface area contributed by atoms with Gasteiger partial charge in [0.05, 0.1) is 0 Å². The smallest absolute Gasteiger partial charge is 0.0351 e. The molecular formula is C20H36. The van der Waals surface area contributed by atoms with Crippen LogP contribution < -0.4 is 0 Å². The maximum absolute atomic E-state index is 3.76. The summed E-state index contributed by atoms with van der Waals surface area (Å²) >= 11 is 0. The van der Waals surface area contributed by atoms with Gasteiger partial charge in [0, 0.05) is 0 Å². The number of hydrogen-bond acceptors (Lipinski definition) is 0. The maximum Gasteiger partial charge on any atom is -0.0351 e. The van der Waals surface area contributed by atoms with Crippen LogP contribution in [0.15, 0.2) is 37.5 Å². The molecule has 116 valence electrons. The van der Waals surface area contributed by atoms with Crippen molar-refractivity contribution in [3.05, 3.63) is 37.5 Å². The second kappa shape index (κ2) is 18.2. The Balaban J connectivity index is 3.04. The van der Waals surface area contributed by atoms with Crippen molar-refractivity contribution in [2.45, 2.75) is 89.9 Å². The van der Waals surface area contributed by atoms with Crippen LogP contribution >= 0.6 is 0 Å². The first-order chi connectivity index (χ1) is 9.91. The SMILES string of the molecule is C=CCCCCCCC=CCCCCCCCCC=C. The predicted octanol–water partition coefficient (Wildman–Crippen LogP) is 7.38. The standard InChI is InChI=1S/C20H36/c1-3-5-7-9-11-13-15-17-19-20-18-16-14-12-10-8-6-4-2/h3-4,17,19H,1-2,5-16,18,20H2. The largest absolute Gasteiger partial charge is 0.103 e. The molecule has 0 unspecified atom stereocenters. The zero-order valence-corrected chi connectivity index (χ0v) is 13.6. The highest BCUT2D eigenvalue weighted by molar-refractivity contribution is 4.81. The first-order valence-electron chi connectivity index (χ1n) is 8.78. The Morgan fingerprint density at radius 3 is 1.05 bits per heavy atom. The molecule has 0 nitrogen and oxygen atoms in total. The summed E-state index contributed by atoms with van der Waals surface area (Å²) in [6.45, 7) is 7.51. The van der Waals surface area contributed by atoms with E-state index in [0.717, 1.165) is 0 Å². The Morgan fingerprint density at radius 2 is 0.700 bits per heavy atom. The Hall–Kier alpha value is -0.780. The quantitative estimate of drug-likeness (QED) is 0.204. The zero-order chi connectivity index (χ0) is 14.7. The lowest BCUT2D eigenvalue weighted by molar-refractivity contribution is 0.599. The van der Waals surface area contributed by atoms with Crippen LogP contribution in [0.5, 0.6) is 0 Å². The number of rotatable bonds is 16. The molecule has 0 heteroatoms. The van der Waals surface area contributed by atoms with Gasteiger partial charge < -0.3 is 0 Å². The third-order valence-electron chi connectivity index (χ3n) is 3.72. The van der Waals surface area contributed by atoms with Crippen molar-refractivity contribution >= 4 is 0 Å². The van der Waals surface area contributed by atoms with Crippen LogP contribution in [-0.4, -0.2) is 0 Å². The van der Waals surface area contributed by atoms with Crippen LogP contribution in [0.3, 0.4) is 0 Å². The zero-order valence-electron chi connectivity index (χ0n) is 13.6. The average molecular weight is 277 g/mol. The van der Waals surface area contributed by atoms with E-state index in [9.17, 15) is 0 Å². The van der Waals surface area contributed by atoms with Crippen LogP contribution in [0.1, 0.15) is 89.9 Å². The van der Waals surface area contributed by atoms with E-state index in [1.807, 2.05) is 12.2 Å². The van der Waals surface area contributed by atoms with Gasteiger partial charge in [-0.2, -0.15) is 0 Å². The van der Waals surface area contributed by atoms with E-state index in [4.69, 9.17) is 0 Å². The summed E-state index contributed by atoms with van der Waals surface area (Å²) in [6.07, 6.45) is 27.5. The van der Waals surface area contributed by atoms with Crippen LogP contribution in [-0.2, 0) is 0 Å². The van der Waals surface area contributed by atoms with Crippen molar-refractivity contribution in [2.24, 2.45) is 0 Å². The molecule has 0 bridgehead atoms. The van der Waals surface area contributed by atoms with E-state index in [1.54, 1.807) is 0 Å². The van der Waals surface area contributed by atoms with Crippen LogP contribution in [0.4, 0.5) is 0 Å². The van der Waals surface area contributed by atoms with Gasteiger partial charge in [0.2, 0.25) is 0 Å². The molecule has 0 fully saturated rings. The Morgan fingerprint density at radius 1 is 0.400 bits per heavy atom. The Bertz CT molecular complexity index is 224. The lowest BCUT2D eigenvalue weighted by atomic mass is 10.1. The van der Waals surface area contributed by atoms with Gasteiger partial charge in [0.15, 0.2) is 0 Å². The fraction of sp³-hybridized carbons (Fsp3) is 0.700. The van der Waals surface area contributed by atoms with Crippen LogP contribution in [0, 0.1) is 0 Å². The highest BCUT2D eigenvalue weighted by Gasteiger charge is 1.90. The summed E-state index contributed by atoms with van der Waals surface area (Å²) < 4.78 is 0. The molecule has 0 rings (SSSR count). The van der Waals surface area contributed by atoms with E-state index < -0.39 is 0 Å². The predicted molar refractivity (Wildman–Crippen MR) is 94.2 cm³/mol. The van der Waals surface area contributed by atoms with Crippen LogP contribution in [0.25, 0.3) is 0 Å². The lowest BCUT2D eigenvalue weighted by Gasteiger charge is -1.99. The van der Waals surface area contributed by atoms with Crippen LogP contribution in [0.2, 0.25) is 0 Å². The second-order valence-electron chi connectivity index (χ2n) is 5.74. The first kappa shape index (κ1) is 19.2. The molecule has 0 N–H and O–H groups in total. The molecule has 0 saturated carbocycles. The molecule has 0 amide bonds. The lowest BCUT2D eigenvalue weighted by Crippen LogP contribution is -1.79. The highest BCUT2D eigenvalue weighted by Crippen LogP contribution is 2.10. The van der Waals surface area contributed by atoms with Gasteiger partial charge >= 0.3 is 0 Å². The van der Waals surface area contributed by atoms with Crippen molar-refractivity contribution in [3.63, 3.8) is 0 Å². The minimum atomic E-state index is 1.18. The Labute approximate surface area is 128 Å². The van der Waals surface area contributed by atoms with Gasteiger partial charge in [-0.1, -0.05) is 62.8 Å². The number of hydrogen-bond donors (Lipinski definition) is 0. The molecule has 0 spiro atoms. The number of allylic oxidation sites excluding steroid dienone is 4. The summed E-state index contributed by atoms with van der Waals surface area (Å²) in [6, 6.07) is 0. The van der Waals surface area contributed by atoms with Gasteiger partial charge in [-0.25, -0.2) is 0 Å². The summed E-state index contributed by atoms with van der Waals surface area (Å²) in [5, 5.41) is 0. The molecule has 0 aromatic rings. The van der Waals surface area contributed by atoms with Crippen molar-refractivity contribution in [3.8, 4) is 0 Å². The molecule has 0 saturated heterocycles. The van der Waals surface area contributed by atoms with Gasteiger partial charge in [-0.15, -0.1) is 13.2 Å². The van der Waals surface area contributed by atoms with Crippen molar-refractivity contribution < 1.29 is 0 Å². The monoisotopic (exact) mass is 276 g/mol. The molecule has 0 atom stereocenters. The van der Waals surface area contributed by atoms with Gasteiger partial charge in [0.25, 0.3) is 0 Å². The third kappa shape index (κ3) is 17.2. The van der Waals surface area contributed by atoms with E-state index in [0.29, 0.717) is 0 Å². The maximum atomic E-state index is 3.76. The fourth-order valence-corrected chi connectivity index (χ4v) is 2.40. The first-order valence-corrected chi connectivity index (χ1v) is 8.78. The minimum absolute atomic E-state index is 1.18. The highest BCUT2D eigenvalue weighted by atomic mass is 14.0. The topological polar surface area (TPSA) is 0 Å². The minimum Gasteiger partial charge on any atom is -0.103 e. The molecule has 0 aromatic heterocycles. The summed E-state index contributed by atoms with van der Waals surface area (Å²) in [7, 11) is 0. The molecule has 0 aliphatic carbocycles. The molecule has 0 aliphatic heterocycles. The van der Waals surface area contributed by atoms with E-state index in [1.165, 1.54) is 89.9 Å². The Kier molecular flexibility index (Phi) is 17.5. The number of unbranched alkanes of at least 4 members (excludes halogenated alkanes) is 12. The second-order valence-corrected chi connectivity index (χ2v) is 5.74. The fourth-order valence-electron chi connectivity index (χ4n) is 2.40. The normalized spacial score (nSPS) is 11.0. The van der Waals surface area contributed by atoms with E-state index >= 15 is 0 Å². The molecule has 0 radical (unpaired) electrons. The molecule has 20 heavy (non-hydrogen) atoms. The summed E-state index contributed by atoms with van der Waals surface area (Å²) in [5.74, 6) is 0. The third-order valence-corrected chi connectivity index (χ3v) is 3.72. The summed E-state index contributed by atoms with van der Waals surface area (Å²) in [4.78, 5) is 0. The van der Waals surface area contributed by atoms with Crippen molar-refractivity contribution in [1.29, 1.82) is 0 Å². The van der Waals surface area contributed by atoms with E-state index in [-0.39, 0.29) is 0 Å².